The van der Waals surface area contributed by atoms with Gasteiger partial charge in [-0.25, -0.2) is 4.39 Å². The number of amides is 1. The number of anilines is 2. The molecule has 3 N–H and O–H groups in total. The molecule has 1 aliphatic heterocycles. The molecule has 0 saturated heterocycles. The summed E-state index contributed by atoms with van der Waals surface area (Å²) in [5, 5.41) is 2.78. The Morgan fingerprint density at radius 1 is 1.19 bits per heavy atom. The predicted octanol–water partition coefficient (Wildman–Crippen LogP) is 3.85. The number of fused-ring (bicyclic) bond motifs is 1. The van der Waals surface area contributed by atoms with Crippen LogP contribution in [0.1, 0.15) is 12.0 Å². The zero-order chi connectivity index (χ0) is 15.0. The normalized spacial score (nSPS) is 13.5. The molecule has 2 aromatic rings. The second-order valence-corrected chi connectivity index (χ2v) is 5.72. The van der Waals surface area contributed by atoms with Gasteiger partial charge in [0.05, 0.1) is 5.69 Å². The number of aryl methyl sites for hydroxylation is 1. The molecule has 0 fully saturated rings. The summed E-state index contributed by atoms with van der Waals surface area (Å²) >= 11 is 3.20. The summed E-state index contributed by atoms with van der Waals surface area (Å²) in [6.45, 7) is 0. The third-order valence-electron chi connectivity index (χ3n) is 3.19. The van der Waals surface area contributed by atoms with Crippen LogP contribution in [0.25, 0.3) is 0 Å². The number of carbonyl (C=O) groups is 1. The van der Waals surface area contributed by atoms with Gasteiger partial charge in [-0.15, -0.1) is 0 Å². The van der Waals surface area contributed by atoms with E-state index in [1.807, 2.05) is 0 Å². The molecular formula is C15H12BrFN2O2. The molecule has 0 bridgehead atoms. The third-order valence-corrected chi connectivity index (χ3v) is 3.65. The molecule has 1 aliphatic rings. The molecule has 0 atom stereocenters. The number of benzene rings is 2. The zero-order valence-electron chi connectivity index (χ0n) is 11.0. The number of halogens is 2. The second-order valence-electron chi connectivity index (χ2n) is 4.80. The Morgan fingerprint density at radius 2 is 2.00 bits per heavy atom. The molecule has 108 valence electrons. The highest BCUT2D eigenvalue weighted by molar-refractivity contribution is 9.10. The molecule has 0 radical (unpaired) electrons. The van der Waals surface area contributed by atoms with Crippen LogP contribution in [0.3, 0.4) is 0 Å². The van der Waals surface area contributed by atoms with E-state index in [4.69, 9.17) is 10.5 Å². The molecule has 0 spiro atoms. The standard InChI is InChI=1S/C15H12BrFN2O2/c16-9-4-10(17)6-11(5-9)21-14-7-13-8(3-12(14)18)1-2-15(20)19-13/h3-7H,1-2,18H2,(H,19,20). The van der Waals surface area contributed by atoms with E-state index in [0.29, 0.717) is 40.2 Å². The van der Waals surface area contributed by atoms with Gasteiger partial charge in [-0.3, -0.25) is 4.79 Å². The average Bonchev–Trinajstić information content (AvgIpc) is 2.39. The smallest absolute Gasteiger partial charge is 0.224 e. The number of carbonyl (C=O) groups excluding carboxylic acids is 1. The summed E-state index contributed by atoms with van der Waals surface area (Å²) in [5.74, 6) is 0.264. The van der Waals surface area contributed by atoms with Crippen molar-refractivity contribution in [1.82, 2.24) is 0 Å². The monoisotopic (exact) mass is 350 g/mol. The van der Waals surface area contributed by atoms with Gasteiger partial charge in [-0.05, 0) is 30.2 Å². The Hall–Kier alpha value is -2.08. The van der Waals surface area contributed by atoms with Crippen LogP contribution in [-0.2, 0) is 11.2 Å². The Balaban J connectivity index is 1.95. The first kappa shape index (κ1) is 13.9. The highest BCUT2D eigenvalue weighted by Crippen LogP contribution is 2.36. The minimum Gasteiger partial charge on any atom is -0.455 e. The van der Waals surface area contributed by atoms with E-state index in [-0.39, 0.29) is 5.91 Å². The summed E-state index contributed by atoms with van der Waals surface area (Å²) in [5.41, 5.74) is 8.07. The number of nitrogens with one attached hydrogen (secondary N) is 1. The number of hydrogen-bond acceptors (Lipinski definition) is 3. The molecule has 3 rings (SSSR count). The highest BCUT2D eigenvalue weighted by atomic mass is 79.9. The van der Waals surface area contributed by atoms with Crippen LogP contribution < -0.4 is 15.8 Å². The number of nitrogens with two attached hydrogens (primary N) is 1. The van der Waals surface area contributed by atoms with E-state index >= 15 is 0 Å². The van der Waals surface area contributed by atoms with Crippen LogP contribution in [-0.4, -0.2) is 5.91 Å². The summed E-state index contributed by atoms with van der Waals surface area (Å²) in [6.07, 6.45) is 1.10. The lowest BCUT2D eigenvalue weighted by Gasteiger charge is -2.19. The van der Waals surface area contributed by atoms with Crippen molar-refractivity contribution in [3.63, 3.8) is 0 Å². The van der Waals surface area contributed by atoms with Crippen molar-refractivity contribution in [2.24, 2.45) is 0 Å². The molecule has 1 heterocycles. The Labute approximate surface area is 129 Å². The van der Waals surface area contributed by atoms with Gasteiger partial charge in [0.2, 0.25) is 5.91 Å². The fourth-order valence-corrected chi connectivity index (χ4v) is 2.67. The van der Waals surface area contributed by atoms with Crippen LogP contribution in [0.15, 0.2) is 34.8 Å². The lowest BCUT2D eigenvalue weighted by molar-refractivity contribution is -0.116. The number of ether oxygens (including phenoxy) is 1. The summed E-state index contributed by atoms with van der Waals surface area (Å²) in [4.78, 5) is 11.4. The summed E-state index contributed by atoms with van der Waals surface area (Å²) in [6, 6.07) is 7.69. The fourth-order valence-electron chi connectivity index (χ4n) is 2.23. The maximum absolute atomic E-state index is 13.4. The van der Waals surface area contributed by atoms with Crippen molar-refractivity contribution in [1.29, 1.82) is 0 Å². The zero-order valence-corrected chi connectivity index (χ0v) is 12.5. The first-order chi connectivity index (χ1) is 10.0. The lowest BCUT2D eigenvalue weighted by atomic mass is 10.0. The van der Waals surface area contributed by atoms with Gasteiger partial charge in [-0.2, -0.15) is 0 Å². The molecule has 0 unspecified atom stereocenters. The van der Waals surface area contributed by atoms with Crippen LogP contribution in [0.2, 0.25) is 0 Å². The van der Waals surface area contributed by atoms with E-state index in [1.54, 1.807) is 18.2 Å². The van der Waals surface area contributed by atoms with Crippen molar-refractivity contribution in [3.05, 3.63) is 46.2 Å². The Kier molecular flexibility index (Phi) is 3.55. The van der Waals surface area contributed by atoms with Crippen LogP contribution in [0, 0.1) is 5.82 Å². The maximum atomic E-state index is 13.4. The van der Waals surface area contributed by atoms with E-state index < -0.39 is 5.82 Å². The summed E-state index contributed by atoms with van der Waals surface area (Å²) in [7, 11) is 0. The van der Waals surface area contributed by atoms with E-state index in [9.17, 15) is 9.18 Å². The van der Waals surface area contributed by atoms with Crippen LogP contribution in [0.4, 0.5) is 15.8 Å². The maximum Gasteiger partial charge on any atom is 0.224 e. The van der Waals surface area contributed by atoms with Gasteiger partial charge >= 0.3 is 0 Å². The first-order valence-corrected chi connectivity index (χ1v) is 7.17. The lowest BCUT2D eigenvalue weighted by Crippen LogP contribution is -2.19. The van der Waals surface area contributed by atoms with E-state index in [2.05, 4.69) is 21.2 Å². The molecular weight excluding hydrogens is 339 g/mol. The Morgan fingerprint density at radius 3 is 2.76 bits per heavy atom. The third kappa shape index (κ3) is 3.00. The van der Waals surface area contributed by atoms with Crippen LogP contribution in [0.5, 0.6) is 11.5 Å². The quantitative estimate of drug-likeness (QED) is 0.808. The molecule has 6 heteroatoms. The molecule has 2 aromatic carbocycles. The number of rotatable bonds is 2. The van der Waals surface area contributed by atoms with Crippen molar-refractivity contribution in [2.45, 2.75) is 12.8 Å². The van der Waals surface area contributed by atoms with Crippen molar-refractivity contribution in [2.75, 3.05) is 11.1 Å². The van der Waals surface area contributed by atoms with E-state index in [1.165, 1.54) is 12.1 Å². The molecule has 1 amide bonds. The van der Waals surface area contributed by atoms with E-state index in [0.717, 1.165) is 5.56 Å². The van der Waals surface area contributed by atoms with Gasteiger partial charge < -0.3 is 15.8 Å². The molecule has 21 heavy (non-hydrogen) atoms. The number of nitrogen functional groups attached to an aromatic ring is 1. The van der Waals surface area contributed by atoms with Gasteiger partial charge in [-0.1, -0.05) is 15.9 Å². The molecule has 0 saturated carbocycles. The van der Waals surface area contributed by atoms with Gasteiger partial charge in [0.25, 0.3) is 0 Å². The fraction of sp³-hybridized carbons (Fsp3) is 0.133. The first-order valence-electron chi connectivity index (χ1n) is 6.37. The predicted molar refractivity (Wildman–Crippen MR) is 82.0 cm³/mol. The van der Waals surface area contributed by atoms with Crippen molar-refractivity contribution in [3.8, 4) is 11.5 Å². The molecule has 0 aliphatic carbocycles. The van der Waals surface area contributed by atoms with Crippen molar-refractivity contribution >= 4 is 33.2 Å². The largest absolute Gasteiger partial charge is 0.455 e. The van der Waals surface area contributed by atoms with Gasteiger partial charge in [0.15, 0.2) is 5.75 Å². The number of hydrogen-bond donors (Lipinski definition) is 2. The summed E-state index contributed by atoms with van der Waals surface area (Å²) < 4.78 is 19.6. The Bertz CT molecular complexity index is 714. The van der Waals surface area contributed by atoms with Crippen LogP contribution >= 0.6 is 15.9 Å². The van der Waals surface area contributed by atoms with Gasteiger partial charge in [0, 0.05) is 28.7 Å². The minimum absolute atomic E-state index is 0.0354. The molecule has 4 nitrogen and oxygen atoms in total. The highest BCUT2D eigenvalue weighted by Gasteiger charge is 2.17. The SMILES string of the molecule is Nc1cc2c(cc1Oc1cc(F)cc(Br)c1)NC(=O)CC2. The molecule has 0 aromatic heterocycles. The topological polar surface area (TPSA) is 64.3 Å². The minimum atomic E-state index is -0.413. The van der Waals surface area contributed by atoms with Gasteiger partial charge in [0.1, 0.15) is 11.6 Å². The second kappa shape index (κ2) is 5.37. The average molecular weight is 351 g/mol. The van der Waals surface area contributed by atoms with Crippen molar-refractivity contribution < 1.29 is 13.9 Å².